The van der Waals surface area contributed by atoms with Crippen molar-refractivity contribution in [1.82, 2.24) is 0 Å². The monoisotopic (exact) mass is 450 g/mol. The molecule has 4 aromatic rings. The predicted molar refractivity (Wildman–Crippen MR) is 134 cm³/mol. The van der Waals surface area contributed by atoms with Crippen molar-refractivity contribution >= 4 is 12.6 Å². The maximum Gasteiger partial charge on any atom is 0.154 e. The van der Waals surface area contributed by atoms with Crippen molar-refractivity contribution < 1.29 is 19.1 Å². The Kier molecular flexibility index (Phi) is 7.19. The van der Waals surface area contributed by atoms with Crippen molar-refractivity contribution in [3.05, 3.63) is 118 Å². The van der Waals surface area contributed by atoms with Gasteiger partial charge in [0.1, 0.15) is 24.7 Å². The van der Waals surface area contributed by atoms with E-state index in [-0.39, 0.29) is 0 Å². The molecule has 0 saturated heterocycles. The molecule has 4 heteroatoms. The van der Waals surface area contributed by atoms with Crippen LogP contribution in [-0.4, -0.2) is 12.6 Å². The molecule has 0 aliphatic carbocycles. The second kappa shape index (κ2) is 10.6. The number of hydrogen-bond acceptors (Lipinski definition) is 4. The average molecular weight is 451 g/mol. The number of hydrogen-bond donors (Lipinski definition) is 0. The van der Waals surface area contributed by atoms with Crippen LogP contribution in [0, 0.1) is 13.8 Å². The molecule has 0 aliphatic heterocycles. The maximum atomic E-state index is 12.1. The number of aryl methyl sites for hydroxylation is 2. The maximum absolute atomic E-state index is 12.1. The predicted octanol–water partition coefficient (Wildman–Crippen LogP) is 6.75. The summed E-state index contributed by atoms with van der Waals surface area (Å²) in [5, 5.41) is 0. The Hall–Kier alpha value is -4.18. The Labute approximate surface area is 199 Å². The summed E-state index contributed by atoms with van der Waals surface area (Å²) in [5.74, 6) is 0.939. The van der Waals surface area contributed by atoms with Crippen LogP contribution in [-0.2, 0) is 13.2 Å². The zero-order chi connectivity index (χ0) is 23.9. The number of benzene rings is 4. The minimum atomic E-state index is 0.339. The lowest BCUT2D eigenvalue weighted by Crippen LogP contribution is -2.03. The van der Waals surface area contributed by atoms with Gasteiger partial charge in [0, 0.05) is 0 Å². The fourth-order valence-electron chi connectivity index (χ4n) is 3.98. The first-order valence-corrected chi connectivity index (χ1v) is 11.1. The Balaban J connectivity index is 1.64. The normalized spacial score (nSPS) is 10.5. The molecule has 170 valence electrons. The van der Waals surface area contributed by atoms with E-state index in [2.05, 4.69) is 0 Å². The second-order valence-corrected chi connectivity index (χ2v) is 8.23. The average Bonchev–Trinajstić information content (AvgIpc) is 2.85. The highest BCUT2D eigenvalue weighted by molar-refractivity contribution is 5.97. The van der Waals surface area contributed by atoms with Crippen molar-refractivity contribution in [2.75, 3.05) is 0 Å². The summed E-state index contributed by atoms with van der Waals surface area (Å²) in [5.41, 5.74) is 6.36. The van der Waals surface area contributed by atoms with E-state index in [0.717, 1.165) is 34.8 Å². The first-order valence-electron chi connectivity index (χ1n) is 11.1. The summed E-state index contributed by atoms with van der Waals surface area (Å²) in [6, 6.07) is 26.9. The highest BCUT2D eigenvalue weighted by Crippen LogP contribution is 2.35. The van der Waals surface area contributed by atoms with Gasteiger partial charge in [-0.25, -0.2) is 0 Å². The summed E-state index contributed by atoms with van der Waals surface area (Å²) >= 11 is 0. The van der Waals surface area contributed by atoms with Gasteiger partial charge in [0.05, 0.1) is 11.1 Å². The Morgan fingerprint density at radius 3 is 1.38 bits per heavy atom. The lowest BCUT2D eigenvalue weighted by Gasteiger charge is -2.16. The molecule has 0 saturated carbocycles. The highest BCUT2D eigenvalue weighted by atomic mass is 16.5. The molecular weight excluding hydrogens is 424 g/mol. The van der Waals surface area contributed by atoms with E-state index in [9.17, 15) is 9.59 Å². The molecule has 0 N–H and O–H groups in total. The zero-order valence-corrected chi connectivity index (χ0v) is 19.3. The standard InChI is InChI=1S/C30H26O4/c1-21-7-3-9-23(15-21)19-33-29-13-5-11-25(27(29)17-31)26-12-6-14-30(28(26)18-32)34-20-24-10-4-8-22(2)16-24/h3-18H,19-20H2,1-2H3. The first-order chi connectivity index (χ1) is 16.6. The van der Waals surface area contributed by atoms with Gasteiger partial charge in [0.25, 0.3) is 0 Å². The van der Waals surface area contributed by atoms with Gasteiger partial charge in [0.2, 0.25) is 0 Å². The lowest BCUT2D eigenvalue weighted by atomic mass is 9.95. The molecule has 4 nitrogen and oxygen atoms in total. The van der Waals surface area contributed by atoms with E-state index in [1.807, 2.05) is 86.6 Å². The third-order valence-electron chi connectivity index (χ3n) is 5.61. The minimum absolute atomic E-state index is 0.339. The van der Waals surface area contributed by atoms with Gasteiger partial charge in [-0.05, 0) is 48.2 Å². The largest absolute Gasteiger partial charge is 0.488 e. The summed E-state index contributed by atoms with van der Waals surface area (Å²) < 4.78 is 12.0. The number of carbonyl (C=O) groups excluding carboxylic acids is 2. The van der Waals surface area contributed by atoms with E-state index in [4.69, 9.17) is 9.47 Å². The highest BCUT2D eigenvalue weighted by Gasteiger charge is 2.17. The Morgan fingerprint density at radius 2 is 1.00 bits per heavy atom. The van der Waals surface area contributed by atoms with Crippen LogP contribution >= 0.6 is 0 Å². The van der Waals surface area contributed by atoms with Crippen LogP contribution in [0.3, 0.4) is 0 Å². The summed E-state index contributed by atoms with van der Waals surface area (Å²) in [6.45, 7) is 4.73. The minimum Gasteiger partial charge on any atom is -0.488 e. The molecule has 0 bridgehead atoms. The fourth-order valence-corrected chi connectivity index (χ4v) is 3.98. The van der Waals surface area contributed by atoms with Gasteiger partial charge in [-0.2, -0.15) is 0 Å². The van der Waals surface area contributed by atoms with Crippen molar-refractivity contribution in [1.29, 1.82) is 0 Å². The molecular formula is C30H26O4. The first kappa shape index (κ1) is 23.0. The topological polar surface area (TPSA) is 52.6 Å². The third kappa shape index (κ3) is 5.24. The van der Waals surface area contributed by atoms with Crippen LogP contribution in [0.15, 0.2) is 84.9 Å². The SMILES string of the molecule is Cc1cccc(COc2cccc(-c3cccc(OCc4cccc(C)c4)c3C=O)c2C=O)c1. The molecule has 0 aliphatic rings. The van der Waals surface area contributed by atoms with E-state index < -0.39 is 0 Å². The molecule has 0 fully saturated rings. The summed E-state index contributed by atoms with van der Waals surface area (Å²) in [6.07, 6.45) is 1.55. The van der Waals surface area contributed by atoms with E-state index in [0.29, 0.717) is 47.0 Å². The van der Waals surface area contributed by atoms with Crippen LogP contribution in [0.5, 0.6) is 11.5 Å². The molecule has 0 unspecified atom stereocenters. The van der Waals surface area contributed by atoms with E-state index in [1.54, 1.807) is 12.1 Å². The smallest absolute Gasteiger partial charge is 0.154 e. The summed E-state index contributed by atoms with van der Waals surface area (Å²) in [4.78, 5) is 24.2. The molecule has 4 rings (SSSR count). The van der Waals surface area contributed by atoms with Gasteiger partial charge < -0.3 is 9.47 Å². The Morgan fingerprint density at radius 1 is 0.588 bits per heavy atom. The van der Waals surface area contributed by atoms with Crippen LogP contribution in [0.1, 0.15) is 43.0 Å². The van der Waals surface area contributed by atoms with Crippen molar-refractivity contribution in [3.8, 4) is 22.6 Å². The molecule has 34 heavy (non-hydrogen) atoms. The van der Waals surface area contributed by atoms with Gasteiger partial charge in [-0.15, -0.1) is 0 Å². The van der Waals surface area contributed by atoms with Crippen LogP contribution in [0.2, 0.25) is 0 Å². The Bertz CT molecular complexity index is 1220. The molecule has 0 atom stereocenters. The van der Waals surface area contributed by atoms with Crippen molar-refractivity contribution in [2.24, 2.45) is 0 Å². The number of aldehydes is 2. The fraction of sp³-hybridized carbons (Fsp3) is 0.133. The molecule has 0 heterocycles. The van der Waals surface area contributed by atoms with Gasteiger partial charge in [0.15, 0.2) is 12.6 Å². The van der Waals surface area contributed by atoms with E-state index >= 15 is 0 Å². The van der Waals surface area contributed by atoms with Crippen molar-refractivity contribution in [3.63, 3.8) is 0 Å². The molecule has 0 aromatic heterocycles. The molecule has 4 aromatic carbocycles. The molecule has 0 radical (unpaired) electrons. The zero-order valence-electron chi connectivity index (χ0n) is 19.3. The van der Waals surface area contributed by atoms with Crippen LogP contribution < -0.4 is 9.47 Å². The molecule has 0 spiro atoms. The third-order valence-corrected chi connectivity index (χ3v) is 5.61. The lowest BCUT2D eigenvalue weighted by molar-refractivity contribution is 0.111. The quantitative estimate of drug-likeness (QED) is 0.265. The van der Waals surface area contributed by atoms with Crippen molar-refractivity contribution in [2.45, 2.75) is 27.1 Å². The number of ether oxygens (including phenoxy) is 2. The van der Waals surface area contributed by atoms with Gasteiger partial charge in [-0.3, -0.25) is 9.59 Å². The number of carbonyl (C=O) groups is 2. The second-order valence-electron chi connectivity index (χ2n) is 8.23. The van der Waals surface area contributed by atoms with Crippen LogP contribution in [0.4, 0.5) is 0 Å². The van der Waals surface area contributed by atoms with Gasteiger partial charge in [-0.1, -0.05) is 83.9 Å². The van der Waals surface area contributed by atoms with E-state index in [1.165, 1.54) is 0 Å². The number of rotatable bonds is 9. The summed E-state index contributed by atoms with van der Waals surface area (Å²) in [7, 11) is 0. The molecule has 0 amide bonds. The van der Waals surface area contributed by atoms with Crippen LogP contribution in [0.25, 0.3) is 11.1 Å². The van der Waals surface area contributed by atoms with Gasteiger partial charge >= 0.3 is 0 Å².